The third-order valence-electron chi connectivity index (χ3n) is 1.74. The normalized spacial score (nSPS) is 10.4. The molecule has 0 spiro atoms. The molecule has 0 aromatic carbocycles. The lowest BCUT2D eigenvalue weighted by atomic mass is 10.4. The van der Waals surface area contributed by atoms with Crippen molar-refractivity contribution in [1.29, 1.82) is 0 Å². The van der Waals surface area contributed by atoms with Crippen LogP contribution >= 0.6 is 11.3 Å². The Hall–Kier alpha value is -1.69. The third-order valence-corrected chi connectivity index (χ3v) is 2.63. The highest BCUT2D eigenvalue weighted by molar-refractivity contribution is 7.13. The van der Waals surface area contributed by atoms with Crippen LogP contribution in [-0.2, 0) is 0 Å². The summed E-state index contributed by atoms with van der Waals surface area (Å²) in [7, 11) is 0. The van der Waals surface area contributed by atoms with Gasteiger partial charge in [0, 0.05) is 17.6 Å². The summed E-state index contributed by atoms with van der Waals surface area (Å²) in [6.45, 7) is 1.89. The number of nitro groups is 1. The van der Waals surface area contributed by atoms with Gasteiger partial charge in [0.25, 0.3) is 0 Å². The van der Waals surface area contributed by atoms with Crippen LogP contribution in [0.1, 0.15) is 5.56 Å². The van der Waals surface area contributed by atoms with Crippen LogP contribution in [0, 0.1) is 17.0 Å². The zero-order valence-corrected chi connectivity index (χ0v) is 8.19. The average molecular weight is 209 g/mol. The SMILES string of the molecule is Cc1cnn(-c2sccc2[N+](=O)[O-])c1. The van der Waals surface area contributed by atoms with E-state index in [1.54, 1.807) is 17.8 Å². The summed E-state index contributed by atoms with van der Waals surface area (Å²) >= 11 is 1.30. The molecule has 14 heavy (non-hydrogen) atoms. The Labute approximate surface area is 83.8 Å². The van der Waals surface area contributed by atoms with Gasteiger partial charge in [-0.3, -0.25) is 10.1 Å². The fraction of sp³-hybridized carbons (Fsp3) is 0.125. The number of nitrogens with zero attached hydrogens (tertiary/aromatic N) is 3. The van der Waals surface area contributed by atoms with Gasteiger partial charge in [0.1, 0.15) is 0 Å². The number of hydrogen-bond acceptors (Lipinski definition) is 4. The Morgan fingerprint density at radius 2 is 2.43 bits per heavy atom. The molecule has 0 saturated heterocycles. The molecule has 5 nitrogen and oxygen atoms in total. The van der Waals surface area contributed by atoms with Gasteiger partial charge in [0.15, 0.2) is 5.00 Å². The van der Waals surface area contributed by atoms with Gasteiger partial charge in [-0.15, -0.1) is 11.3 Å². The molecule has 0 unspecified atom stereocenters. The largest absolute Gasteiger partial charge is 0.305 e. The topological polar surface area (TPSA) is 61.0 Å². The zero-order chi connectivity index (χ0) is 10.1. The molecule has 0 aliphatic carbocycles. The minimum absolute atomic E-state index is 0.0955. The van der Waals surface area contributed by atoms with E-state index in [0.29, 0.717) is 5.00 Å². The van der Waals surface area contributed by atoms with Gasteiger partial charge in [-0.25, -0.2) is 4.68 Å². The van der Waals surface area contributed by atoms with Crippen molar-refractivity contribution in [2.75, 3.05) is 0 Å². The molecule has 72 valence electrons. The van der Waals surface area contributed by atoms with Crippen molar-refractivity contribution in [3.8, 4) is 5.00 Å². The van der Waals surface area contributed by atoms with Crippen molar-refractivity contribution in [3.63, 3.8) is 0 Å². The maximum Gasteiger partial charge on any atom is 0.305 e. The van der Waals surface area contributed by atoms with E-state index in [1.807, 2.05) is 6.92 Å². The van der Waals surface area contributed by atoms with E-state index in [1.165, 1.54) is 22.1 Å². The van der Waals surface area contributed by atoms with Gasteiger partial charge < -0.3 is 0 Å². The molecule has 0 atom stereocenters. The first-order chi connectivity index (χ1) is 6.68. The molecule has 0 radical (unpaired) electrons. The highest BCUT2D eigenvalue weighted by Crippen LogP contribution is 2.27. The Balaban J connectivity index is 2.51. The molecule has 0 bridgehead atoms. The fourth-order valence-corrected chi connectivity index (χ4v) is 1.93. The highest BCUT2D eigenvalue weighted by atomic mass is 32.1. The summed E-state index contributed by atoms with van der Waals surface area (Å²) in [6, 6.07) is 1.48. The first-order valence-corrected chi connectivity index (χ1v) is 4.80. The van der Waals surface area contributed by atoms with Crippen molar-refractivity contribution in [3.05, 3.63) is 39.5 Å². The van der Waals surface area contributed by atoms with Gasteiger partial charge in [-0.05, 0) is 12.5 Å². The molecule has 0 aliphatic heterocycles. The Bertz CT molecular complexity index is 474. The van der Waals surface area contributed by atoms with Crippen LogP contribution < -0.4 is 0 Å². The van der Waals surface area contributed by atoms with Crippen molar-refractivity contribution in [2.45, 2.75) is 6.92 Å². The predicted octanol–water partition coefficient (Wildman–Crippen LogP) is 2.15. The third kappa shape index (κ3) is 1.39. The lowest BCUT2D eigenvalue weighted by molar-refractivity contribution is -0.384. The van der Waals surface area contributed by atoms with E-state index in [0.717, 1.165) is 5.56 Å². The van der Waals surface area contributed by atoms with E-state index < -0.39 is 4.92 Å². The molecule has 0 amide bonds. The monoisotopic (exact) mass is 209 g/mol. The number of hydrogen-bond donors (Lipinski definition) is 0. The molecule has 2 aromatic heterocycles. The quantitative estimate of drug-likeness (QED) is 0.562. The number of aromatic nitrogens is 2. The maximum atomic E-state index is 10.6. The highest BCUT2D eigenvalue weighted by Gasteiger charge is 2.16. The van der Waals surface area contributed by atoms with Crippen LogP contribution in [0.2, 0.25) is 0 Å². The Morgan fingerprint density at radius 1 is 1.64 bits per heavy atom. The standard InChI is InChI=1S/C8H7N3O2S/c1-6-4-9-10(5-6)8-7(11(12)13)2-3-14-8/h2-5H,1H3. The summed E-state index contributed by atoms with van der Waals surface area (Å²) in [5.41, 5.74) is 1.07. The molecule has 2 heterocycles. The molecule has 2 aromatic rings. The maximum absolute atomic E-state index is 10.6. The number of aryl methyl sites for hydroxylation is 1. The van der Waals surface area contributed by atoms with Crippen LogP contribution in [0.3, 0.4) is 0 Å². The lowest BCUT2D eigenvalue weighted by Crippen LogP contribution is -1.95. The summed E-state index contributed by atoms with van der Waals surface area (Å²) in [6.07, 6.45) is 3.43. The minimum atomic E-state index is -0.400. The summed E-state index contributed by atoms with van der Waals surface area (Å²) in [5.74, 6) is 0. The van der Waals surface area contributed by atoms with Crippen LogP contribution in [0.15, 0.2) is 23.8 Å². The smallest absolute Gasteiger partial charge is 0.258 e. The molecule has 0 saturated carbocycles. The van der Waals surface area contributed by atoms with Gasteiger partial charge in [0.05, 0.1) is 11.1 Å². The second-order valence-corrected chi connectivity index (χ2v) is 3.72. The minimum Gasteiger partial charge on any atom is -0.258 e. The van der Waals surface area contributed by atoms with Crippen LogP contribution in [0.4, 0.5) is 5.69 Å². The van der Waals surface area contributed by atoms with Gasteiger partial charge >= 0.3 is 5.69 Å². The van der Waals surface area contributed by atoms with E-state index in [4.69, 9.17) is 0 Å². The molecule has 0 N–H and O–H groups in total. The zero-order valence-electron chi connectivity index (χ0n) is 7.38. The Morgan fingerprint density at radius 3 is 3.00 bits per heavy atom. The van der Waals surface area contributed by atoms with Crippen LogP contribution in [0.25, 0.3) is 5.00 Å². The van der Waals surface area contributed by atoms with Crippen molar-refractivity contribution in [1.82, 2.24) is 9.78 Å². The molecule has 2 rings (SSSR count). The predicted molar refractivity (Wildman–Crippen MR) is 52.8 cm³/mol. The van der Waals surface area contributed by atoms with Crippen LogP contribution in [-0.4, -0.2) is 14.7 Å². The summed E-state index contributed by atoms with van der Waals surface area (Å²) in [5, 5.41) is 16.9. The summed E-state index contributed by atoms with van der Waals surface area (Å²) < 4.78 is 1.53. The van der Waals surface area contributed by atoms with Gasteiger partial charge in [0.2, 0.25) is 0 Å². The van der Waals surface area contributed by atoms with Crippen LogP contribution in [0.5, 0.6) is 0 Å². The van der Waals surface area contributed by atoms with E-state index in [9.17, 15) is 10.1 Å². The second-order valence-electron chi connectivity index (χ2n) is 2.83. The molecule has 6 heteroatoms. The van der Waals surface area contributed by atoms with Crippen molar-refractivity contribution in [2.24, 2.45) is 0 Å². The number of rotatable bonds is 2. The molecular formula is C8H7N3O2S. The first-order valence-electron chi connectivity index (χ1n) is 3.92. The van der Waals surface area contributed by atoms with E-state index in [2.05, 4.69) is 5.10 Å². The van der Waals surface area contributed by atoms with E-state index in [-0.39, 0.29) is 5.69 Å². The summed E-state index contributed by atoms with van der Waals surface area (Å²) in [4.78, 5) is 10.2. The fourth-order valence-electron chi connectivity index (χ4n) is 1.13. The average Bonchev–Trinajstić information content (AvgIpc) is 2.70. The Kier molecular flexibility index (Phi) is 2.05. The molecule has 0 fully saturated rings. The van der Waals surface area contributed by atoms with Gasteiger partial charge in [-0.2, -0.15) is 5.10 Å². The molecule has 0 aliphatic rings. The van der Waals surface area contributed by atoms with Gasteiger partial charge in [-0.1, -0.05) is 0 Å². The second kappa shape index (κ2) is 3.22. The lowest BCUT2D eigenvalue weighted by Gasteiger charge is -1.95. The van der Waals surface area contributed by atoms with Crippen molar-refractivity contribution >= 4 is 17.0 Å². The molecular weight excluding hydrogens is 202 g/mol. The van der Waals surface area contributed by atoms with Crippen molar-refractivity contribution < 1.29 is 4.92 Å². The van der Waals surface area contributed by atoms with E-state index >= 15 is 0 Å². The first kappa shape index (κ1) is 8.89. The number of thiophene rings is 1.